The van der Waals surface area contributed by atoms with Gasteiger partial charge < -0.3 is 14.7 Å². The van der Waals surface area contributed by atoms with E-state index >= 15 is 0 Å². The molecule has 2 fully saturated rings. The van der Waals surface area contributed by atoms with Crippen LogP contribution in [-0.2, 0) is 14.4 Å². The normalized spacial score (nSPS) is 20.6. The molecule has 6 nitrogen and oxygen atoms in total. The average molecular weight is 323 g/mol. The second kappa shape index (κ2) is 6.89. The zero-order chi connectivity index (χ0) is 17.2. The Bertz CT molecular complexity index is 468. The molecule has 0 unspecified atom stereocenters. The molecule has 0 aromatic carbocycles. The minimum absolute atomic E-state index is 0.0236. The Morgan fingerprint density at radius 3 is 1.70 bits per heavy atom. The number of nitrogens with zero attached hydrogens (tertiary/aromatic N) is 3. The molecule has 23 heavy (non-hydrogen) atoms. The Hall–Kier alpha value is -1.59. The number of carbonyl (C=O) groups excluding carboxylic acids is 3. The fourth-order valence-electron chi connectivity index (χ4n) is 3.30. The van der Waals surface area contributed by atoms with Crippen molar-refractivity contribution in [1.82, 2.24) is 14.7 Å². The van der Waals surface area contributed by atoms with Crippen LogP contribution in [0.4, 0.5) is 0 Å². The highest BCUT2D eigenvalue weighted by atomic mass is 16.2. The number of rotatable bonds is 1. The van der Waals surface area contributed by atoms with Crippen molar-refractivity contribution in [2.75, 3.05) is 39.3 Å². The van der Waals surface area contributed by atoms with E-state index in [9.17, 15) is 14.4 Å². The minimum atomic E-state index is -0.369. The van der Waals surface area contributed by atoms with Gasteiger partial charge in [0.15, 0.2) is 0 Å². The van der Waals surface area contributed by atoms with Crippen molar-refractivity contribution in [1.29, 1.82) is 0 Å². The maximum absolute atomic E-state index is 12.6. The van der Waals surface area contributed by atoms with E-state index in [1.54, 1.807) is 6.92 Å². The van der Waals surface area contributed by atoms with Gasteiger partial charge in [-0.3, -0.25) is 14.4 Å². The molecule has 6 heteroatoms. The predicted octanol–water partition coefficient (Wildman–Crippen LogP) is 0.962. The lowest BCUT2D eigenvalue weighted by Gasteiger charge is -2.40. The Morgan fingerprint density at radius 1 is 0.783 bits per heavy atom. The molecule has 0 bridgehead atoms. The van der Waals surface area contributed by atoms with Gasteiger partial charge in [0.05, 0.1) is 0 Å². The Labute approximate surface area is 138 Å². The lowest BCUT2D eigenvalue weighted by Crippen LogP contribution is -2.54. The van der Waals surface area contributed by atoms with Crippen LogP contribution < -0.4 is 0 Å². The summed E-state index contributed by atoms with van der Waals surface area (Å²) in [4.78, 5) is 41.8. The van der Waals surface area contributed by atoms with E-state index in [0.29, 0.717) is 39.3 Å². The first-order valence-electron chi connectivity index (χ1n) is 8.54. The standard InChI is InChI=1S/C17H29N3O3/c1-13(21)18-7-5-14(6-8-18)15(22)19-9-11-20(12-10-19)16(23)17(2,3)4/h14H,5-12H2,1-4H3. The summed E-state index contributed by atoms with van der Waals surface area (Å²) in [5.74, 6) is 0.455. The van der Waals surface area contributed by atoms with Crippen LogP contribution in [0.15, 0.2) is 0 Å². The fourth-order valence-corrected chi connectivity index (χ4v) is 3.30. The SMILES string of the molecule is CC(=O)N1CCC(C(=O)N2CCN(C(=O)C(C)(C)C)CC2)CC1. The smallest absolute Gasteiger partial charge is 0.228 e. The van der Waals surface area contributed by atoms with Gasteiger partial charge in [-0.1, -0.05) is 20.8 Å². The van der Waals surface area contributed by atoms with Gasteiger partial charge in [0, 0.05) is 57.5 Å². The van der Waals surface area contributed by atoms with Crippen molar-refractivity contribution in [2.45, 2.75) is 40.5 Å². The van der Waals surface area contributed by atoms with Gasteiger partial charge >= 0.3 is 0 Å². The molecule has 2 aliphatic heterocycles. The number of hydrogen-bond acceptors (Lipinski definition) is 3. The van der Waals surface area contributed by atoms with E-state index < -0.39 is 0 Å². The zero-order valence-corrected chi connectivity index (χ0v) is 14.8. The first-order valence-corrected chi connectivity index (χ1v) is 8.54. The molecule has 0 spiro atoms. The molecule has 0 atom stereocenters. The Balaban J connectivity index is 1.83. The van der Waals surface area contributed by atoms with E-state index in [0.717, 1.165) is 12.8 Å². The summed E-state index contributed by atoms with van der Waals surface area (Å²) in [5, 5.41) is 0. The van der Waals surface area contributed by atoms with Crippen LogP contribution in [0.2, 0.25) is 0 Å². The highest BCUT2D eigenvalue weighted by molar-refractivity contribution is 5.83. The van der Waals surface area contributed by atoms with Gasteiger partial charge in [-0.25, -0.2) is 0 Å². The highest BCUT2D eigenvalue weighted by Crippen LogP contribution is 2.22. The highest BCUT2D eigenvalue weighted by Gasteiger charge is 2.34. The van der Waals surface area contributed by atoms with Crippen molar-refractivity contribution in [3.8, 4) is 0 Å². The Kier molecular flexibility index (Phi) is 5.32. The molecule has 130 valence electrons. The average Bonchev–Trinajstić information content (AvgIpc) is 2.53. The van der Waals surface area contributed by atoms with Crippen molar-refractivity contribution >= 4 is 17.7 Å². The van der Waals surface area contributed by atoms with E-state index in [1.165, 1.54) is 0 Å². The summed E-state index contributed by atoms with van der Waals surface area (Å²) < 4.78 is 0. The van der Waals surface area contributed by atoms with E-state index in [2.05, 4.69) is 0 Å². The number of piperidine rings is 1. The largest absolute Gasteiger partial charge is 0.343 e. The molecule has 0 radical (unpaired) electrons. The third kappa shape index (κ3) is 4.24. The number of likely N-dealkylation sites (tertiary alicyclic amines) is 1. The molecular formula is C17H29N3O3. The molecule has 0 N–H and O–H groups in total. The van der Waals surface area contributed by atoms with Crippen LogP contribution in [0.3, 0.4) is 0 Å². The summed E-state index contributed by atoms with van der Waals surface area (Å²) >= 11 is 0. The summed E-state index contributed by atoms with van der Waals surface area (Å²) in [5.41, 5.74) is -0.369. The second-order valence-electron chi connectivity index (χ2n) is 7.65. The van der Waals surface area contributed by atoms with Gasteiger partial charge in [-0.2, -0.15) is 0 Å². The maximum atomic E-state index is 12.6. The molecule has 2 rings (SSSR count). The lowest BCUT2D eigenvalue weighted by atomic mass is 9.93. The number of hydrogen-bond donors (Lipinski definition) is 0. The maximum Gasteiger partial charge on any atom is 0.228 e. The van der Waals surface area contributed by atoms with Crippen molar-refractivity contribution in [3.05, 3.63) is 0 Å². The van der Waals surface area contributed by atoms with Crippen LogP contribution in [0.5, 0.6) is 0 Å². The number of piperazine rings is 1. The van der Waals surface area contributed by atoms with Crippen LogP contribution in [0.1, 0.15) is 40.5 Å². The van der Waals surface area contributed by atoms with E-state index in [1.807, 2.05) is 35.5 Å². The minimum Gasteiger partial charge on any atom is -0.343 e. The van der Waals surface area contributed by atoms with Crippen molar-refractivity contribution in [3.63, 3.8) is 0 Å². The van der Waals surface area contributed by atoms with Gasteiger partial charge in [-0.05, 0) is 12.8 Å². The topological polar surface area (TPSA) is 60.9 Å². The van der Waals surface area contributed by atoms with Gasteiger partial charge in [0.2, 0.25) is 17.7 Å². The lowest BCUT2D eigenvalue weighted by molar-refractivity contribution is -0.147. The van der Waals surface area contributed by atoms with Crippen LogP contribution in [0.25, 0.3) is 0 Å². The van der Waals surface area contributed by atoms with Crippen LogP contribution in [-0.4, -0.2) is 71.7 Å². The van der Waals surface area contributed by atoms with Gasteiger partial charge in [-0.15, -0.1) is 0 Å². The van der Waals surface area contributed by atoms with E-state index in [-0.39, 0.29) is 29.1 Å². The molecule has 2 heterocycles. The molecule has 2 aliphatic rings. The molecule has 3 amide bonds. The third-order valence-electron chi connectivity index (χ3n) is 4.81. The quantitative estimate of drug-likeness (QED) is 0.722. The molecule has 0 aliphatic carbocycles. The predicted molar refractivity (Wildman–Crippen MR) is 87.6 cm³/mol. The van der Waals surface area contributed by atoms with Crippen molar-refractivity contribution < 1.29 is 14.4 Å². The van der Waals surface area contributed by atoms with E-state index in [4.69, 9.17) is 0 Å². The first-order chi connectivity index (χ1) is 10.7. The molecule has 2 saturated heterocycles. The number of carbonyl (C=O) groups is 3. The fraction of sp³-hybridized carbons (Fsp3) is 0.824. The summed E-state index contributed by atoms with van der Waals surface area (Å²) in [6, 6.07) is 0. The van der Waals surface area contributed by atoms with Crippen molar-refractivity contribution in [2.24, 2.45) is 11.3 Å². The zero-order valence-electron chi connectivity index (χ0n) is 14.8. The molecular weight excluding hydrogens is 294 g/mol. The second-order valence-corrected chi connectivity index (χ2v) is 7.65. The molecule has 0 saturated carbocycles. The number of amides is 3. The first kappa shape index (κ1) is 17.8. The van der Waals surface area contributed by atoms with Gasteiger partial charge in [0.1, 0.15) is 0 Å². The van der Waals surface area contributed by atoms with Crippen LogP contribution >= 0.6 is 0 Å². The summed E-state index contributed by atoms with van der Waals surface area (Å²) in [6.45, 7) is 11.2. The Morgan fingerprint density at radius 2 is 1.26 bits per heavy atom. The van der Waals surface area contributed by atoms with Gasteiger partial charge in [0.25, 0.3) is 0 Å². The molecule has 0 aromatic heterocycles. The monoisotopic (exact) mass is 323 g/mol. The summed E-state index contributed by atoms with van der Waals surface area (Å²) in [7, 11) is 0. The van der Waals surface area contributed by atoms with Crippen LogP contribution in [0, 0.1) is 11.3 Å². The summed E-state index contributed by atoms with van der Waals surface area (Å²) in [6.07, 6.45) is 1.50. The third-order valence-corrected chi connectivity index (χ3v) is 4.81. The molecule has 0 aromatic rings.